The molecule has 6 heterocycles. The van der Waals surface area contributed by atoms with Gasteiger partial charge in [0.2, 0.25) is 23.6 Å². The van der Waals surface area contributed by atoms with Gasteiger partial charge in [-0.2, -0.15) is 0 Å². The van der Waals surface area contributed by atoms with E-state index in [1.165, 1.54) is 51.2 Å². The maximum atomic E-state index is 14.0. The molecule has 0 aromatic heterocycles. The molecule has 36 nitrogen and oxygen atoms in total. The Hall–Kier alpha value is -4.63. The molecular weight excluding hydrogens is 1310 g/mol. The Kier molecular flexibility index (Phi) is 31.3. The molecule has 6 saturated heterocycles. The molecule has 0 saturated carbocycles. The highest BCUT2D eigenvalue weighted by molar-refractivity contribution is 5.94. The second-order valence-corrected chi connectivity index (χ2v) is 25.4. The van der Waals surface area contributed by atoms with Crippen LogP contribution in [0, 0.1) is 0 Å². The van der Waals surface area contributed by atoms with E-state index in [1.54, 1.807) is 12.1 Å². The number of unbranched alkanes of at least 4 members (excludes halogenated alkanes) is 8. The predicted octanol–water partition coefficient (Wildman–Crippen LogP) is -7.15. The molecular formula is C62H101N5O31. The molecule has 6 aliphatic rings. The average molecular weight is 1410 g/mol. The van der Waals surface area contributed by atoms with Crippen molar-refractivity contribution < 1.29 is 152 Å². The van der Waals surface area contributed by atoms with Crippen molar-refractivity contribution in [2.75, 3.05) is 39.6 Å². The van der Waals surface area contributed by atoms with Gasteiger partial charge < -0.3 is 155 Å². The number of amides is 5. The molecule has 0 spiro atoms. The van der Waals surface area contributed by atoms with Crippen LogP contribution in [0.2, 0.25) is 0 Å². The van der Waals surface area contributed by atoms with E-state index in [1.807, 2.05) is 0 Å². The first-order valence-electron chi connectivity index (χ1n) is 33.2. The smallest absolute Gasteiger partial charge is 0.251 e. The summed E-state index contributed by atoms with van der Waals surface area (Å²) in [7, 11) is 0. The van der Waals surface area contributed by atoms with E-state index in [4.69, 9.17) is 56.8 Å². The molecule has 98 heavy (non-hydrogen) atoms. The van der Waals surface area contributed by atoms with Crippen molar-refractivity contribution in [3.8, 4) is 5.75 Å². The van der Waals surface area contributed by atoms with Crippen molar-refractivity contribution in [2.45, 2.75) is 283 Å². The number of hydrogen-bond acceptors (Lipinski definition) is 31. The number of benzene rings is 1. The summed E-state index contributed by atoms with van der Waals surface area (Å²) < 4.78 is 72.0. The van der Waals surface area contributed by atoms with Gasteiger partial charge in [-0.3, -0.25) is 24.0 Å². The molecule has 0 bridgehead atoms. The minimum atomic E-state index is -2.07. The quantitative estimate of drug-likeness (QED) is 0.0298. The average Bonchev–Trinajstić information content (AvgIpc) is 0.771. The lowest BCUT2D eigenvalue weighted by Crippen LogP contribution is -2.72. The van der Waals surface area contributed by atoms with E-state index in [-0.39, 0.29) is 5.56 Å². The van der Waals surface area contributed by atoms with Gasteiger partial charge >= 0.3 is 0 Å². The fraction of sp³-hybridized carbons (Fsp3) is 0.823. The third-order valence-corrected chi connectivity index (χ3v) is 17.9. The van der Waals surface area contributed by atoms with Gasteiger partial charge in [0.15, 0.2) is 37.7 Å². The highest BCUT2D eigenvalue weighted by Gasteiger charge is 2.58. The Balaban J connectivity index is 1.07. The Morgan fingerprint density at radius 1 is 0.418 bits per heavy atom. The molecule has 30 atom stereocenters. The zero-order valence-electron chi connectivity index (χ0n) is 55.4. The topological polar surface area (TPSA) is 539 Å². The fourth-order valence-electron chi connectivity index (χ4n) is 12.7. The van der Waals surface area contributed by atoms with E-state index >= 15 is 0 Å². The minimum absolute atomic E-state index is 0.0594. The maximum absolute atomic E-state index is 14.0. The number of rotatable bonds is 32. The van der Waals surface area contributed by atoms with Crippen LogP contribution in [0.3, 0.4) is 0 Å². The largest absolute Gasteiger partial charge is 0.494 e. The summed E-state index contributed by atoms with van der Waals surface area (Å²) in [6, 6.07) is -2.45. The summed E-state index contributed by atoms with van der Waals surface area (Å²) in [5, 5.41) is 168. The van der Waals surface area contributed by atoms with Crippen LogP contribution in [-0.4, -0.2) is 325 Å². The molecule has 6 aliphatic heterocycles. The Labute approximate surface area is 565 Å². The van der Waals surface area contributed by atoms with E-state index in [2.05, 4.69) is 33.5 Å². The van der Waals surface area contributed by atoms with Gasteiger partial charge in [0.1, 0.15) is 146 Å². The summed E-state index contributed by atoms with van der Waals surface area (Å²) in [6.45, 7) is 3.38. The van der Waals surface area contributed by atoms with Crippen LogP contribution in [0.5, 0.6) is 5.75 Å². The highest BCUT2D eigenvalue weighted by Crippen LogP contribution is 2.37. The molecule has 36 heteroatoms. The van der Waals surface area contributed by atoms with Crippen molar-refractivity contribution in [1.29, 1.82) is 0 Å². The molecule has 19 N–H and O–H groups in total. The molecule has 0 radical (unpaired) electrons. The normalized spacial score (nSPS) is 39.8. The molecule has 560 valence electrons. The van der Waals surface area contributed by atoms with Crippen LogP contribution in [0.15, 0.2) is 24.3 Å². The van der Waals surface area contributed by atoms with E-state index < -0.39 is 246 Å². The summed E-state index contributed by atoms with van der Waals surface area (Å²) in [5.41, 5.74) is 0.0594. The minimum Gasteiger partial charge on any atom is -0.494 e. The number of aliphatic hydroxyl groups excluding tert-OH is 14. The molecule has 1 aromatic rings. The van der Waals surface area contributed by atoms with Crippen LogP contribution in [0.1, 0.15) is 110 Å². The number of ether oxygens (including phenoxy) is 12. The van der Waals surface area contributed by atoms with Gasteiger partial charge in [-0.25, -0.2) is 0 Å². The first-order chi connectivity index (χ1) is 46.7. The van der Waals surface area contributed by atoms with Crippen molar-refractivity contribution >= 4 is 29.5 Å². The fourth-order valence-corrected chi connectivity index (χ4v) is 12.7. The van der Waals surface area contributed by atoms with Gasteiger partial charge in [-0.1, -0.05) is 64.4 Å². The monoisotopic (exact) mass is 1410 g/mol. The second-order valence-electron chi connectivity index (χ2n) is 25.4. The summed E-state index contributed by atoms with van der Waals surface area (Å²) in [5.74, 6) is -3.68. The molecule has 0 aliphatic carbocycles. The first-order valence-corrected chi connectivity index (χ1v) is 33.2. The van der Waals surface area contributed by atoms with Gasteiger partial charge in [0.25, 0.3) is 5.91 Å². The Morgan fingerprint density at radius 3 is 1.26 bits per heavy atom. The van der Waals surface area contributed by atoms with E-state index in [0.29, 0.717) is 12.4 Å². The number of carbonyl (C=O) groups is 5. The van der Waals surface area contributed by atoms with Gasteiger partial charge in [-0.05, 0) is 31.5 Å². The molecule has 1 aromatic carbocycles. The number of aliphatic hydroxyl groups is 14. The SMILES string of the molecule is CCCCCCCCCCCOc1cccc(C(=O)N[C@H]2C(O)[C@H](O)C(CO)O[C@H]2O[C@H]2C(O)C(NC(C)=O)C(OC3C(CO)O[C@@H](O[C@H]4C(O)C(NC(C)=O)C(OC5C(CO[C@@H]6OC(C)C(O)[C@H](O)[C@H]6O)OC(O)[C@@H](NC(C)=O)[C@H]5O)O[C@H]4CO)[C@@H](NC(C)=O)[C@H]3O)O[C@H]2CO)c1. The van der Waals surface area contributed by atoms with Crippen molar-refractivity contribution in [1.82, 2.24) is 26.6 Å². The summed E-state index contributed by atoms with van der Waals surface area (Å²) >= 11 is 0. The van der Waals surface area contributed by atoms with Crippen molar-refractivity contribution in [3.05, 3.63) is 29.8 Å². The van der Waals surface area contributed by atoms with Crippen LogP contribution in [0.4, 0.5) is 0 Å². The van der Waals surface area contributed by atoms with E-state index in [9.17, 15) is 95.5 Å². The first kappa shape index (κ1) is 80.7. The van der Waals surface area contributed by atoms with Crippen molar-refractivity contribution in [2.24, 2.45) is 0 Å². The lowest BCUT2D eigenvalue weighted by molar-refractivity contribution is -0.368. The Bertz CT molecular complexity index is 2660. The molecule has 5 amide bonds. The van der Waals surface area contributed by atoms with Crippen molar-refractivity contribution in [3.63, 3.8) is 0 Å². The number of carbonyl (C=O) groups excluding carboxylic acids is 5. The number of hydrogen-bond donors (Lipinski definition) is 19. The maximum Gasteiger partial charge on any atom is 0.251 e. The zero-order chi connectivity index (χ0) is 71.8. The van der Waals surface area contributed by atoms with Crippen LogP contribution in [0.25, 0.3) is 0 Å². The predicted molar refractivity (Wildman–Crippen MR) is 329 cm³/mol. The van der Waals surface area contributed by atoms with Gasteiger partial charge in [-0.15, -0.1) is 0 Å². The van der Waals surface area contributed by atoms with Crippen LogP contribution >= 0.6 is 0 Å². The Morgan fingerprint density at radius 2 is 0.816 bits per heavy atom. The van der Waals surface area contributed by atoms with E-state index in [0.717, 1.165) is 53.4 Å². The number of nitrogens with one attached hydrogen (secondary N) is 5. The highest BCUT2D eigenvalue weighted by atomic mass is 16.8. The molecule has 7 rings (SSSR count). The van der Waals surface area contributed by atoms with Gasteiger partial charge in [0.05, 0.1) is 45.7 Å². The lowest BCUT2D eigenvalue weighted by atomic mass is 9.93. The third kappa shape index (κ3) is 20.6. The van der Waals surface area contributed by atoms with Gasteiger partial charge in [0, 0.05) is 33.3 Å². The van der Waals surface area contributed by atoms with Crippen LogP contribution < -0.4 is 31.3 Å². The standard InChI is InChI=1S/C62H101N5O31/c1-7-8-9-10-11-12-13-14-15-19-87-32-18-16-17-31(20-32)56(85)67-39-45(78)44(77)33(21-68)91-58(39)95-52-34(22-69)92-59(40(47(52)80)64-28(4)73)96-53-35(23-70)93-60(41(48(53)81)65-29(5)74)97-54-36(24-71)94-61(42(49(54)82)66-30(6)75)98-55-37(90-57(86)38(46(55)79)63-27(3)72)25-88-62-51(84)50(83)43(76)26(2)89-62/h16-18,20,26,33-55,57-62,68-71,76-84,86H,7-15,19,21-25H2,1-6H3,(H,63,72)(H,64,73)(H,65,74)(H,66,75)(H,67,85)/t26?,33?,34-,35?,36-,37?,38-,39-,40?,41-,42?,43?,44+,45?,46+,47?,48+,49?,50-,51+,52+,53?,54+,55?,57?,58-,59?,60-,61?,62+/m0/s1. The second kappa shape index (κ2) is 38.0. The third-order valence-electron chi connectivity index (χ3n) is 17.9. The summed E-state index contributed by atoms with van der Waals surface area (Å²) in [6.07, 6.45) is -34.9. The summed E-state index contributed by atoms with van der Waals surface area (Å²) in [4.78, 5) is 65.0. The molecule has 15 unspecified atom stereocenters. The molecule has 6 fully saturated rings. The van der Waals surface area contributed by atoms with Crippen LogP contribution in [-0.2, 0) is 71.3 Å². The lowest BCUT2D eigenvalue weighted by Gasteiger charge is -2.51. The zero-order valence-corrected chi connectivity index (χ0v) is 55.4.